The predicted octanol–water partition coefficient (Wildman–Crippen LogP) is 2.02. The van der Waals surface area contributed by atoms with Crippen molar-refractivity contribution < 1.29 is 9.47 Å². The van der Waals surface area contributed by atoms with E-state index in [0.29, 0.717) is 0 Å². The minimum atomic E-state index is -0.221. The standard InChI is InChI=1S/C8H13BrO2S/c9-4-7-5-10-8(11-7)2-1-3-12-6-8/h7H,1-6H2. The number of rotatable bonds is 1. The van der Waals surface area contributed by atoms with Gasteiger partial charge >= 0.3 is 0 Å². The minimum absolute atomic E-state index is 0.221. The summed E-state index contributed by atoms with van der Waals surface area (Å²) in [6.07, 6.45) is 2.56. The summed E-state index contributed by atoms with van der Waals surface area (Å²) in [5, 5.41) is 0.888. The van der Waals surface area contributed by atoms with Crippen LogP contribution in [0.4, 0.5) is 0 Å². The van der Waals surface area contributed by atoms with Crippen LogP contribution in [-0.4, -0.2) is 35.3 Å². The number of hydrogen-bond donors (Lipinski definition) is 0. The zero-order valence-corrected chi connectivity index (χ0v) is 9.33. The van der Waals surface area contributed by atoms with Gasteiger partial charge in [-0.15, -0.1) is 0 Å². The lowest BCUT2D eigenvalue weighted by atomic mass is 10.2. The lowest BCUT2D eigenvalue weighted by molar-refractivity contribution is -0.153. The molecule has 2 nitrogen and oxygen atoms in total. The van der Waals surface area contributed by atoms with Crippen LogP contribution in [0.15, 0.2) is 0 Å². The largest absolute Gasteiger partial charge is 0.346 e. The van der Waals surface area contributed by atoms with Gasteiger partial charge < -0.3 is 9.47 Å². The molecule has 2 aliphatic heterocycles. The molecule has 0 amide bonds. The fraction of sp³-hybridized carbons (Fsp3) is 1.00. The molecule has 0 radical (unpaired) electrons. The monoisotopic (exact) mass is 252 g/mol. The quantitative estimate of drug-likeness (QED) is 0.666. The molecule has 2 unspecified atom stereocenters. The van der Waals surface area contributed by atoms with Crippen molar-refractivity contribution in [3.8, 4) is 0 Å². The maximum Gasteiger partial charge on any atom is 0.177 e. The van der Waals surface area contributed by atoms with Crippen LogP contribution in [0, 0.1) is 0 Å². The maximum absolute atomic E-state index is 5.85. The van der Waals surface area contributed by atoms with Gasteiger partial charge in [0.05, 0.1) is 12.7 Å². The van der Waals surface area contributed by atoms with Crippen LogP contribution in [0.25, 0.3) is 0 Å². The lowest BCUT2D eigenvalue weighted by Crippen LogP contribution is -2.36. The third kappa shape index (κ3) is 1.81. The Hall–Kier alpha value is 0.750. The molecule has 12 heavy (non-hydrogen) atoms. The average molecular weight is 253 g/mol. The summed E-state index contributed by atoms with van der Waals surface area (Å²) < 4.78 is 11.6. The van der Waals surface area contributed by atoms with E-state index >= 15 is 0 Å². The van der Waals surface area contributed by atoms with Gasteiger partial charge in [0, 0.05) is 17.5 Å². The third-order valence-electron chi connectivity index (χ3n) is 2.25. The van der Waals surface area contributed by atoms with Gasteiger partial charge in [-0.05, 0) is 12.2 Å². The second-order valence-corrected chi connectivity index (χ2v) is 5.02. The van der Waals surface area contributed by atoms with Crippen molar-refractivity contribution in [1.82, 2.24) is 0 Å². The van der Waals surface area contributed by atoms with Crippen molar-refractivity contribution in [2.24, 2.45) is 0 Å². The van der Waals surface area contributed by atoms with Crippen LogP contribution in [0.5, 0.6) is 0 Å². The first-order chi connectivity index (χ1) is 5.85. The summed E-state index contributed by atoms with van der Waals surface area (Å²) in [7, 11) is 0. The second-order valence-electron chi connectivity index (χ2n) is 3.27. The highest BCUT2D eigenvalue weighted by Crippen LogP contribution is 2.36. The first kappa shape index (κ1) is 9.31. The zero-order chi connectivity index (χ0) is 8.44. The van der Waals surface area contributed by atoms with E-state index in [1.165, 1.54) is 12.2 Å². The molecule has 0 saturated carbocycles. The molecule has 4 heteroatoms. The Balaban J connectivity index is 1.94. The molecule has 70 valence electrons. The fourth-order valence-corrected chi connectivity index (χ4v) is 3.06. The molecule has 2 rings (SSSR count). The molecule has 0 N–H and O–H groups in total. The predicted molar refractivity (Wildman–Crippen MR) is 53.9 cm³/mol. The molecule has 1 spiro atoms. The first-order valence-corrected chi connectivity index (χ1v) is 6.58. The number of thioether (sulfide) groups is 1. The van der Waals surface area contributed by atoms with Crippen LogP contribution in [0.3, 0.4) is 0 Å². The molecule has 2 saturated heterocycles. The van der Waals surface area contributed by atoms with Gasteiger partial charge in [-0.1, -0.05) is 15.9 Å². The molecule has 2 heterocycles. The highest BCUT2D eigenvalue weighted by atomic mass is 79.9. The SMILES string of the molecule is BrCC1COC2(CCCSC2)O1. The number of ether oxygens (including phenoxy) is 2. The Bertz CT molecular complexity index is 159. The molecule has 0 aromatic heterocycles. The van der Waals surface area contributed by atoms with Gasteiger partial charge in [-0.3, -0.25) is 0 Å². The maximum atomic E-state index is 5.85. The minimum Gasteiger partial charge on any atom is -0.346 e. The fourth-order valence-electron chi connectivity index (χ4n) is 1.64. The summed E-state index contributed by atoms with van der Waals surface area (Å²) in [6.45, 7) is 0.756. The topological polar surface area (TPSA) is 18.5 Å². The van der Waals surface area contributed by atoms with Gasteiger partial charge in [0.25, 0.3) is 0 Å². The third-order valence-corrected chi connectivity index (χ3v) is 4.20. The normalized spacial score (nSPS) is 42.2. The lowest BCUT2D eigenvalue weighted by Gasteiger charge is -2.31. The summed E-state index contributed by atoms with van der Waals surface area (Å²) in [5.74, 6) is 2.05. The summed E-state index contributed by atoms with van der Waals surface area (Å²) in [4.78, 5) is 0. The van der Waals surface area contributed by atoms with Crippen LogP contribution < -0.4 is 0 Å². The van der Waals surface area contributed by atoms with E-state index in [2.05, 4.69) is 15.9 Å². The van der Waals surface area contributed by atoms with Crippen LogP contribution in [0.1, 0.15) is 12.8 Å². The highest BCUT2D eigenvalue weighted by Gasteiger charge is 2.42. The molecule has 2 fully saturated rings. The Morgan fingerprint density at radius 1 is 1.58 bits per heavy atom. The Morgan fingerprint density at radius 2 is 2.50 bits per heavy atom. The molecule has 0 aliphatic carbocycles. The average Bonchev–Trinajstić information content (AvgIpc) is 2.50. The number of hydrogen-bond acceptors (Lipinski definition) is 3. The van der Waals surface area contributed by atoms with Gasteiger partial charge in [-0.2, -0.15) is 11.8 Å². The van der Waals surface area contributed by atoms with Crippen LogP contribution in [-0.2, 0) is 9.47 Å². The van der Waals surface area contributed by atoms with E-state index in [1.807, 2.05) is 11.8 Å². The Labute approximate surface area is 85.5 Å². The summed E-state index contributed by atoms with van der Waals surface area (Å²) in [6, 6.07) is 0. The van der Waals surface area contributed by atoms with Crippen molar-refractivity contribution in [3.63, 3.8) is 0 Å². The molecule has 0 aromatic carbocycles. The van der Waals surface area contributed by atoms with Crippen LogP contribution in [0.2, 0.25) is 0 Å². The molecular formula is C8H13BrO2S. The number of halogens is 1. The van der Waals surface area contributed by atoms with E-state index < -0.39 is 0 Å². The van der Waals surface area contributed by atoms with Gasteiger partial charge in [0.2, 0.25) is 0 Å². The van der Waals surface area contributed by atoms with Crippen molar-refractivity contribution >= 4 is 27.7 Å². The molecule has 0 aromatic rings. The second kappa shape index (κ2) is 3.86. The molecule has 2 atom stereocenters. The molecular weight excluding hydrogens is 240 g/mol. The Kier molecular flexibility index (Phi) is 3.00. The van der Waals surface area contributed by atoms with Crippen LogP contribution >= 0.6 is 27.7 Å². The van der Waals surface area contributed by atoms with Crippen molar-refractivity contribution in [2.75, 3.05) is 23.4 Å². The molecule has 0 bridgehead atoms. The number of alkyl halides is 1. The highest BCUT2D eigenvalue weighted by molar-refractivity contribution is 9.09. The Morgan fingerprint density at radius 3 is 3.08 bits per heavy atom. The zero-order valence-electron chi connectivity index (χ0n) is 6.92. The van der Waals surface area contributed by atoms with Crippen molar-refractivity contribution in [2.45, 2.75) is 24.7 Å². The van der Waals surface area contributed by atoms with Crippen molar-refractivity contribution in [1.29, 1.82) is 0 Å². The summed E-state index contributed by atoms with van der Waals surface area (Å²) in [5.41, 5.74) is 0. The van der Waals surface area contributed by atoms with Gasteiger partial charge in [0.1, 0.15) is 0 Å². The van der Waals surface area contributed by atoms with E-state index in [0.717, 1.165) is 24.1 Å². The van der Waals surface area contributed by atoms with E-state index in [9.17, 15) is 0 Å². The molecule has 2 aliphatic rings. The smallest absolute Gasteiger partial charge is 0.177 e. The van der Waals surface area contributed by atoms with E-state index in [1.54, 1.807) is 0 Å². The summed E-state index contributed by atoms with van der Waals surface area (Å²) >= 11 is 5.35. The van der Waals surface area contributed by atoms with Crippen molar-refractivity contribution in [3.05, 3.63) is 0 Å². The van der Waals surface area contributed by atoms with Gasteiger partial charge in [-0.25, -0.2) is 0 Å². The first-order valence-electron chi connectivity index (χ1n) is 4.30. The van der Waals surface area contributed by atoms with E-state index in [-0.39, 0.29) is 11.9 Å². The van der Waals surface area contributed by atoms with E-state index in [4.69, 9.17) is 9.47 Å². The van der Waals surface area contributed by atoms with Gasteiger partial charge in [0.15, 0.2) is 5.79 Å².